The van der Waals surface area contributed by atoms with Gasteiger partial charge in [-0.15, -0.1) is 0 Å². The zero-order chi connectivity index (χ0) is 18.9. The monoisotopic (exact) mass is 358 g/mol. The van der Waals surface area contributed by atoms with E-state index in [9.17, 15) is 9.18 Å². The maximum Gasteiger partial charge on any atom is 0.319 e. The number of aromatic amines is 1. The van der Waals surface area contributed by atoms with Crippen molar-refractivity contribution in [3.05, 3.63) is 36.5 Å². The quantitative estimate of drug-likeness (QED) is 0.602. The molecule has 0 aromatic carbocycles. The number of nitrogens with one attached hydrogen (secondary N) is 2. The highest BCUT2D eigenvalue weighted by atomic mass is 19.1. The summed E-state index contributed by atoms with van der Waals surface area (Å²) in [6.45, 7) is 5.12. The standard InChI is InChI=1S/C17H19FN6O2/c1-17(2,3)24(9-13(25)26)23-16-12(18)8-21-15(22-16)11-7-20-14-10(11)5-4-6-19-14/h4-8H,9H2,1-3H3,(H,19,20)(H,25,26)(H,21,22,23). The van der Waals surface area contributed by atoms with Crippen LogP contribution in [0.1, 0.15) is 20.8 Å². The molecule has 0 unspecified atom stereocenters. The van der Waals surface area contributed by atoms with Crippen molar-refractivity contribution in [3.63, 3.8) is 0 Å². The molecule has 26 heavy (non-hydrogen) atoms. The van der Waals surface area contributed by atoms with Crippen LogP contribution in [0, 0.1) is 5.82 Å². The first-order chi connectivity index (χ1) is 12.3. The number of carboxylic acid groups (broad SMARTS) is 1. The van der Waals surface area contributed by atoms with Gasteiger partial charge in [0.25, 0.3) is 0 Å². The lowest BCUT2D eigenvalue weighted by Crippen LogP contribution is -2.48. The van der Waals surface area contributed by atoms with E-state index in [1.807, 2.05) is 26.8 Å². The number of nitrogens with zero attached hydrogens (tertiary/aromatic N) is 4. The number of hydrogen-bond donors (Lipinski definition) is 3. The molecule has 3 heterocycles. The molecule has 0 radical (unpaired) electrons. The van der Waals surface area contributed by atoms with Crippen molar-refractivity contribution in [2.24, 2.45) is 0 Å². The van der Waals surface area contributed by atoms with Crippen molar-refractivity contribution in [1.82, 2.24) is 24.9 Å². The lowest BCUT2D eigenvalue weighted by molar-refractivity contribution is -0.139. The van der Waals surface area contributed by atoms with Crippen LogP contribution in [0.5, 0.6) is 0 Å². The van der Waals surface area contributed by atoms with Crippen LogP contribution in [0.25, 0.3) is 22.4 Å². The maximum absolute atomic E-state index is 14.2. The second-order valence-corrected chi connectivity index (χ2v) is 6.75. The van der Waals surface area contributed by atoms with Crippen LogP contribution < -0.4 is 5.43 Å². The number of aliphatic carboxylic acids is 1. The molecule has 0 bridgehead atoms. The summed E-state index contributed by atoms with van der Waals surface area (Å²) in [5.74, 6) is -1.50. The fraction of sp³-hybridized carbons (Fsp3) is 0.294. The van der Waals surface area contributed by atoms with E-state index < -0.39 is 17.3 Å². The fourth-order valence-electron chi connectivity index (χ4n) is 2.42. The number of hydrogen-bond acceptors (Lipinski definition) is 6. The second kappa shape index (κ2) is 6.68. The number of halogens is 1. The minimum absolute atomic E-state index is 0.0931. The summed E-state index contributed by atoms with van der Waals surface area (Å²) in [6, 6.07) is 3.65. The molecule has 0 spiro atoms. The Labute approximate surface area is 149 Å². The zero-order valence-electron chi connectivity index (χ0n) is 14.6. The normalized spacial score (nSPS) is 11.9. The molecule has 3 aromatic rings. The number of aromatic nitrogens is 4. The van der Waals surface area contributed by atoms with Crippen molar-refractivity contribution >= 4 is 22.8 Å². The molecule has 9 heteroatoms. The van der Waals surface area contributed by atoms with E-state index in [0.717, 1.165) is 11.6 Å². The number of H-pyrrole nitrogens is 1. The zero-order valence-corrected chi connectivity index (χ0v) is 14.6. The van der Waals surface area contributed by atoms with Gasteiger partial charge in [-0.1, -0.05) is 0 Å². The van der Waals surface area contributed by atoms with Gasteiger partial charge in [-0.25, -0.2) is 24.4 Å². The molecule has 0 saturated heterocycles. The van der Waals surface area contributed by atoms with Crippen LogP contribution in [0.3, 0.4) is 0 Å². The first-order valence-electron chi connectivity index (χ1n) is 7.97. The van der Waals surface area contributed by atoms with Crippen molar-refractivity contribution in [2.45, 2.75) is 26.3 Å². The third kappa shape index (κ3) is 3.62. The lowest BCUT2D eigenvalue weighted by atomic mass is 10.1. The van der Waals surface area contributed by atoms with Crippen LogP contribution in [0.4, 0.5) is 10.2 Å². The summed E-state index contributed by atoms with van der Waals surface area (Å²) >= 11 is 0. The molecular weight excluding hydrogens is 339 g/mol. The van der Waals surface area contributed by atoms with Gasteiger partial charge in [-0.3, -0.25) is 10.2 Å². The van der Waals surface area contributed by atoms with Gasteiger partial charge in [0.1, 0.15) is 12.2 Å². The van der Waals surface area contributed by atoms with E-state index >= 15 is 0 Å². The van der Waals surface area contributed by atoms with Crippen LogP contribution in [-0.2, 0) is 4.79 Å². The molecule has 0 fully saturated rings. The van der Waals surface area contributed by atoms with Crippen LogP contribution in [0.2, 0.25) is 0 Å². The Morgan fingerprint density at radius 1 is 1.38 bits per heavy atom. The fourth-order valence-corrected chi connectivity index (χ4v) is 2.42. The van der Waals surface area contributed by atoms with Crippen LogP contribution in [-0.4, -0.2) is 48.1 Å². The summed E-state index contributed by atoms with van der Waals surface area (Å²) in [5.41, 5.74) is 3.55. The largest absolute Gasteiger partial charge is 0.480 e. The molecule has 3 aromatic heterocycles. The Bertz CT molecular complexity index is 950. The summed E-state index contributed by atoms with van der Waals surface area (Å²) < 4.78 is 14.2. The average Bonchev–Trinajstić information content (AvgIpc) is 2.99. The third-order valence-corrected chi connectivity index (χ3v) is 3.78. The van der Waals surface area contributed by atoms with Gasteiger partial charge < -0.3 is 10.1 Å². The molecule has 136 valence electrons. The highest BCUT2D eigenvalue weighted by Crippen LogP contribution is 2.26. The Morgan fingerprint density at radius 2 is 2.15 bits per heavy atom. The molecule has 0 aliphatic rings. The maximum atomic E-state index is 14.2. The SMILES string of the molecule is CC(C)(C)N(CC(=O)O)Nc1nc(-c2c[nH]c3ncccc23)ncc1F. The van der Waals surface area contributed by atoms with Gasteiger partial charge >= 0.3 is 5.97 Å². The van der Waals surface area contributed by atoms with E-state index in [4.69, 9.17) is 5.11 Å². The van der Waals surface area contributed by atoms with Crippen LogP contribution in [0.15, 0.2) is 30.7 Å². The van der Waals surface area contributed by atoms with Gasteiger partial charge in [0.2, 0.25) is 0 Å². The number of anilines is 1. The minimum Gasteiger partial charge on any atom is -0.480 e. The van der Waals surface area contributed by atoms with Gasteiger partial charge in [0.15, 0.2) is 17.5 Å². The molecule has 0 atom stereocenters. The smallest absolute Gasteiger partial charge is 0.319 e. The molecule has 8 nitrogen and oxygen atoms in total. The number of hydrazine groups is 1. The molecule has 3 N–H and O–H groups in total. The Hall–Kier alpha value is -3.07. The van der Waals surface area contributed by atoms with E-state index in [1.54, 1.807) is 18.5 Å². The van der Waals surface area contributed by atoms with Crippen molar-refractivity contribution in [3.8, 4) is 11.4 Å². The van der Waals surface area contributed by atoms with E-state index in [0.29, 0.717) is 17.0 Å². The summed E-state index contributed by atoms with van der Waals surface area (Å²) in [7, 11) is 0. The van der Waals surface area contributed by atoms with Gasteiger partial charge in [0.05, 0.1) is 6.20 Å². The highest BCUT2D eigenvalue weighted by Gasteiger charge is 2.25. The van der Waals surface area contributed by atoms with Gasteiger partial charge in [-0.05, 0) is 32.9 Å². The Morgan fingerprint density at radius 3 is 2.85 bits per heavy atom. The topological polar surface area (TPSA) is 107 Å². The first kappa shape index (κ1) is 17.7. The summed E-state index contributed by atoms with van der Waals surface area (Å²) in [5, 5.41) is 11.3. The predicted octanol–water partition coefficient (Wildman–Crippen LogP) is 2.67. The molecule has 0 saturated carbocycles. The Kier molecular flexibility index (Phi) is 4.56. The van der Waals surface area contributed by atoms with E-state index in [2.05, 4.69) is 25.4 Å². The lowest BCUT2D eigenvalue weighted by Gasteiger charge is -2.34. The second-order valence-electron chi connectivity index (χ2n) is 6.75. The number of carbonyl (C=O) groups is 1. The molecule has 0 aliphatic carbocycles. The van der Waals surface area contributed by atoms with E-state index in [1.165, 1.54) is 5.01 Å². The molecule has 0 aliphatic heterocycles. The van der Waals surface area contributed by atoms with E-state index in [-0.39, 0.29) is 12.4 Å². The van der Waals surface area contributed by atoms with Gasteiger partial charge in [-0.2, -0.15) is 0 Å². The number of rotatable bonds is 5. The number of pyridine rings is 1. The third-order valence-electron chi connectivity index (χ3n) is 3.78. The summed E-state index contributed by atoms with van der Waals surface area (Å²) in [4.78, 5) is 26.6. The minimum atomic E-state index is -1.04. The number of fused-ring (bicyclic) bond motifs is 1. The van der Waals surface area contributed by atoms with Crippen molar-refractivity contribution in [2.75, 3.05) is 12.0 Å². The first-order valence-corrected chi connectivity index (χ1v) is 7.97. The molecular formula is C17H19FN6O2. The Balaban J connectivity index is 1.98. The predicted molar refractivity (Wildman–Crippen MR) is 94.8 cm³/mol. The average molecular weight is 358 g/mol. The van der Waals surface area contributed by atoms with Gasteiger partial charge in [0, 0.05) is 28.9 Å². The molecule has 0 amide bonds. The summed E-state index contributed by atoms with van der Waals surface area (Å²) in [6.07, 6.45) is 4.42. The van der Waals surface area contributed by atoms with Crippen molar-refractivity contribution in [1.29, 1.82) is 0 Å². The number of carboxylic acids is 1. The molecule has 3 rings (SSSR count). The van der Waals surface area contributed by atoms with Crippen molar-refractivity contribution < 1.29 is 14.3 Å². The van der Waals surface area contributed by atoms with Crippen LogP contribution >= 0.6 is 0 Å². The highest BCUT2D eigenvalue weighted by molar-refractivity contribution is 5.91.